The molecular weight excluding hydrogens is 332 g/mol. The van der Waals surface area contributed by atoms with Crippen LogP contribution in [0.2, 0.25) is 0 Å². The Bertz CT molecular complexity index is 579. The molecule has 0 saturated carbocycles. The quantitative estimate of drug-likeness (QED) is 0.204. The number of guanidine groups is 1. The normalized spacial score (nSPS) is 17.2. The molecule has 21 heavy (non-hydrogen) atoms. The summed E-state index contributed by atoms with van der Waals surface area (Å²) in [6, 6.07) is 0. The van der Waals surface area contributed by atoms with Gasteiger partial charge < -0.3 is 22.5 Å². The van der Waals surface area contributed by atoms with Gasteiger partial charge >= 0.3 is 0 Å². The predicted molar refractivity (Wildman–Crippen MR) is 87.4 cm³/mol. The van der Waals surface area contributed by atoms with Crippen molar-refractivity contribution < 1.29 is 4.21 Å². The highest BCUT2D eigenvalue weighted by Gasteiger charge is 2.15. The summed E-state index contributed by atoms with van der Waals surface area (Å²) < 4.78 is 16.3. The molecule has 2 heterocycles. The van der Waals surface area contributed by atoms with Crippen LogP contribution in [0.3, 0.4) is 0 Å². The molecule has 0 aliphatic carbocycles. The summed E-state index contributed by atoms with van der Waals surface area (Å²) in [5, 5.41) is 5.56. The molecule has 0 spiro atoms. The van der Waals surface area contributed by atoms with Gasteiger partial charge in [-0.05, 0) is 0 Å². The third-order valence-corrected chi connectivity index (χ3v) is 4.80. The molecule has 116 valence electrons. The van der Waals surface area contributed by atoms with Gasteiger partial charge in [-0.1, -0.05) is 0 Å². The zero-order valence-corrected chi connectivity index (χ0v) is 13.4. The average Bonchev–Trinajstić information content (AvgIpc) is 2.95. The summed E-state index contributed by atoms with van der Waals surface area (Å²) in [7, 11) is 0. The Morgan fingerprint density at radius 3 is 3.00 bits per heavy atom. The number of thiazole rings is 1. The maximum Gasteiger partial charge on any atom is 0.222 e. The van der Waals surface area contributed by atoms with Crippen molar-refractivity contribution in [2.45, 2.75) is 5.75 Å². The predicted octanol–water partition coefficient (Wildman–Crippen LogP) is -1.27. The Hall–Kier alpha value is -1.66. The fourth-order valence-electron chi connectivity index (χ4n) is 1.40. The van der Waals surface area contributed by atoms with Crippen molar-refractivity contribution >= 4 is 45.4 Å². The molecule has 1 aromatic heterocycles. The topological polar surface area (TPSA) is 156 Å². The molecule has 1 atom stereocenters. The lowest BCUT2D eigenvalue weighted by atomic mass is 10.6. The Labute approximate surface area is 132 Å². The van der Waals surface area contributed by atoms with Gasteiger partial charge in [0.2, 0.25) is 16.3 Å². The SMILES string of the molecule is NC(N)=Nc1nc(CSCCNC2=C(N)NS(=O)N2)cs1. The number of nitrogens with two attached hydrogens (primary N) is 3. The Balaban J connectivity index is 1.66. The van der Waals surface area contributed by atoms with E-state index < -0.39 is 11.2 Å². The minimum atomic E-state index is -1.33. The van der Waals surface area contributed by atoms with Gasteiger partial charge in [0.05, 0.1) is 5.69 Å². The van der Waals surface area contributed by atoms with Crippen molar-refractivity contribution in [3.63, 3.8) is 0 Å². The number of hydrogen-bond acceptors (Lipinski definition) is 7. The Kier molecular flexibility index (Phi) is 5.52. The molecule has 9 N–H and O–H groups in total. The van der Waals surface area contributed by atoms with Crippen LogP contribution in [-0.2, 0) is 16.9 Å². The van der Waals surface area contributed by atoms with Gasteiger partial charge in [0.25, 0.3) is 0 Å². The summed E-state index contributed by atoms with van der Waals surface area (Å²) in [6.45, 7) is 0.692. The van der Waals surface area contributed by atoms with Gasteiger partial charge in [-0.25, -0.2) is 9.19 Å². The van der Waals surface area contributed by atoms with E-state index >= 15 is 0 Å². The van der Waals surface area contributed by atoms with Crippen molar-refractivity contribution in [1.82, 2.24) is 19.7 Å². The van der Waals surface area contributed by atoms with E-state index in [1.165, 1.54) is 11.3 Å². The van der Waals surface area contributed by atoms with E-state index in [9.17, 15) is 4.21 Å². The van der Waals surface area contributed by atoms with Gasteiger partial charge in [-0.15, -0.1) is 11.3 Å². The van der Waals surface area contributed by atoms with Crippen molar-refractivity contribution in [3.05, 3.63) is 22.7 Å². The first-order chi connectivity index (χ1) is 10.0. The molecular formula is C9H16N8OS3. The highest BCUT2D eigenvalue weighted by molar-refractivity contribution is 7.98. The lowest BCUT2D eigenvalue weighted by Gasteiger charge is -2.06. The maximum absolute atomic E-state index is 11.1. The zero-order valence-electron chi connectivity index (χ0n) is 11.0. The second-order valence-electron chi connectivity index (χ2n) is 3.90. The highest BCUT2D eigenvalue weighted by Crippen LogP contribution is 2.21. The van der Waals surface area contributed by atoms with Crippen LogP contribution >= 0.6 is 23.1 Å². The number of aliphatic imine (C=N–C) groups is 1. The van der Waals surface area contributed by atoms with E-state index in [0.717, 1.165) is 17.2 Å². The molecule has 1 aliphatic rings. The van der Waals surface area contributed by atoms with E-state index in [0.29, 0.717) is 23.3 Å². The highest BCUT2D eigenvalue weighted by atomic mass is 32.2. The van der Waals surface area contributed by atoms with E-state index in [-0.39, 0.29) is 5.96 Å². The van der Waals surface area contributed by atoms with Crippen LogP contribution in [0, 0.1) is 0 Å². The monoisotopic (exact) mass is 348 g/mol. The Morgan fingerprint density at radius 1 is 1.52 bits per heavy atom. The summed E-state index contributed by atoms with van der Waals surface area (Å²) >= 11 is 1.77. The molecule has 0 fully saturated rings. The molecule has 0 saturated heterocycles. The first-order valence-corrected chi connectivity index (χ1v) is 9.03. The number of aromatic nitrogens is 1. The smallest absolute Gasteiger partial charge is 0.222 e. The van der Waals surface area contributed by atoms with E-state index in [1.54, 1.807) is 11.8 Å². The van der Waals surface area contributed by atoms with Gasteiger partial charge in [0.15, 0.2) is 17.6 Å². The van der Waals surface area contributed by atoms with Crippen LogP contribution in [0.1, 0.15) is 5.69 Å². The molecule has 1 aliphatic heterocycles. The van der Waals surface area contributed by atoms with Crippen LogP contribution in [-0.4, -0.2) is 27.5 Å². The van der Waals surface area contributed by atoms with Crippen molar-refractivity contribution in [3.8, 4) is 0 Å². The standard InChI is InChI=1S/C9H16N8OS3/c10-6-7(17-21(18)16-6)13-1-2-19-3-5-4-20-9(14-5)15-8(11)12/h4,13,16-17H,1-3,10H2,(H4,11,12,14,15). The molecule has 0 aromatic carbocycles. The fourth-order valence-corrected chi connectivity index (χ4v) is 3.68. The van der Waals surface area contributed by atoms with E-state index in [2.05, 4.69) is 24.7 Å². The van der Waals surface area contributed by atoms with Crippen LogP contribution in [0.25, 0.3) is 0 Å². The fraction of sp³-hybridized carbons (Fsp3) is 0.333. The van der Waals surface area contributed by atoms with Gasteiger partial charge in [-0.2, -0.15) is 16.8 Å². The van der Waals surface area contributed by atoms with E-state index in [1.807, 2.05) is 5.38 Å². The number of hydrogen-bond donors (Lipinski definition) is 6. The molecule has 1 aromatic rings. The number of rotatable bonds is 7. The van der Waals surface area contributed by atoms with Gasteiger partial charge in [0, 0.05) is 23.4 Å². The molecule has 0 radical (unpaired) electrons. The minimum Gasteiger partial charge on any atom is -0.382 e. The maximum atomic E-state index is 11.1. The lowest BCUT2D eigenvalue weighted by Crippen LogP contribution is -2.26. The number of nitrogens with zero attached hydrogens (tertiary/aromatic N) is 2. The average molecular weight is 348 g/mol. The Morgan fingerprint density at radius 2 is 2.33 bits per heavy atom. The summed E-state index contributed by atoms with van der Waals surface area (Å²) in [6.07, 6.45) is 0. The minimum absolute atomic E-state index is 0.00803. The molecule has 2 rings (SSSR count). The zero-order chi connectivity index (χ0) is 15.2. The van der Waals surface area contributed by atoms with Crippen LogP contribution < -0.4 is 32.0 Å². The molecule has 1 unspecified atom stereocenters. The second kappa shape index (κ2) is 7.38. The number of thioether (sulfide) groups is 1. The van der Waals surface area contributed by atoms with Gasteiger partial charge in [-0.3, -0.25) is 9.44 Å². The summed E-state index contributed by atoms with van der Waals surface area (Å²) in [4.78, 5) is 8.17. The first kappa shape index (κ1) is 15.7. The molecule has 12 heteroatoms. The second-order valence-corrected chi connectivity index (χ2v) is 6.79. The van der Waals surface area contributed by atoms with Crippen LogP contribution in [0.5, 0.6) is 0 Å². The van der Waals surface area contributed by atoms with E-state index in [4.69, 9.17) is 17.2 Å². The third-order valence-electron chi connectivity index (χ3n) is 2.23. The van der Waals surface area contributed by atoms with Crippen molar-refractivity contribution in [1.29, 1.82) is 0 Å². The molecule has 9 nitrogen and oxygen atoms in total. The van der Waals surface area contributed by atoms with Crippen LogP contribution in [0.15, 0.2) is 22.0 Å². The molecule has 0 bridgehead atoms. The van der Waals surface area contributed by atoms with Crippen molar-refractivity contribution in [2.24, 2.45) is 22.2 Å². The van der Waals surface area contributed by atoms with Crippen molar-refractivity contribution in [2.75, 3.05) is 12.3 Å². The van der Waals surface area contributed by atoms with Crippen LogP contribution in [0.4, 0.5) is 5.13 Å². The summed E-state index contributed by atoms with van der Waals surface area (Å²) in [5.41, 5.74) is 17.1. The first-order valence-electron chi connectivity index (χ1n) is 5.85. The third kappa shape index (κ3) is 4.99. The number of nitrogens with one attached hydrogen (secondary N) is 3. The lowest BCUT2D eigenvalue weighted by molar-refractivity contribution is 0.675. The summed E-state index contributed by atoms with van der Waals surface area (Å²) in [5.74, 6) is 2.55. The largest absolute Gasteiger partial charge is 0.382 e. The molecule has 0 amide bonds. The van der Waals surface area contributed by atoms with Gasteiger partial charge in [0.1, 0.15) is 0 Å².